The van der Waals surface area contributed by atoms with Crippen LogP contribution in [0.3, 0.4) is 0 Å². The van der Waals surface area contributed by atoms with Gasteiger partial charge in [0.05, 0.1) is 13.2 Å². The van der Waals surface area contributed by atoms with Crippen LogP contribution >= 0.6 is 0 Å². The number of benzene rings is 4. The Labute approximate surface area is 227 Å². The van der Waals surface area contributed by atoms with E-state index in [0.717, 1.165) is 56.9 Å². The van der Waals surface area contributed by atoms with Crippen molar-refractivity contribution in [3.05, 3.63) is 118 Å². The highest BCUT2D eigenvalue weighted by molar-refractivity contribution is 6.12. The highest BCUT2D eigenvalue weighted by Gasteiger charge is 2.57. The smallest absolute Gasteiger partial charge is 0.256 e. The second-order valence-electron chi connectivity index (χ2n) is 10.6. The van der Waals surface area contributed by atoms with Crippen molar-refractivity contribution < 1.29 is 19.1 Å². The predicted octanol–water partition coefficient (Wildman–Crippen LogP) is 5.72. The van der Waals surface area contributed by atoms with Gasteiger partial charge in [-0.25, -0.2) is 0 Å². The third kappa shape index (κ3) is 3.55. The number of rotatable bonds is 4. The van der Waals surface area contributed by atoms with Crippen molar-refractivity contribution in [1.82, 2.24) is 0 Å². The topological polar surface area (TPSA) is 67.9 Å². The second kappa shape index (κ2) is 8.73. The van der Waals surface area contributed by atoms with Gasteiger partial charge in [-0.3, -0.25) is 9.59 Å². The Morgan fingerprint density at radius 1 is 0.923 bits per heavy atom. The summed E-state index contributed by atoms with van der Waals surface area (Å²) in [5.74, 6) is 1.31. The number of aryl methyl sites for hydroxylation is 2. The van der Waals surface area contributed by atoms with Crippen LogP contribution in [-0.4, -0.2) is 25.0 Å². The van der Waals surface area contributed by atoms with E-state index >= 15 is 0 Å². The Balaban J connectivity index is 1.26. The summed E-state index contributed by atoms with van der Waals surface area (Å²) in [4.78, 5) is 29.7. The molecule has 4 aromatic carbocycles. The number of anilines is 2. The number of para-hydroxylation sites is 1. The third-order valence-electron chi connectivity index (χ3n) is 8.18. The van der Waals surface area contributed by atoms with Crippen LogP contribution in [0.25, 0.3) is 0 Å². The Hall–Kier alpha value is -4.58. The summed E-state index contributed by atoms with van der Waals surface area (Å²) >= 11 is 0. The molecule has 0 radical (unpaired) electrons. The number of carbonyl (C=O) groups excluding carboxylic acids is 2. The number of hydrogen-bond donors (Lipinski definition) is 1. The molecule has 0 saturated carbocycles. The number of hydrogen-bond acceptors (Lipinski definition) is 4. The van der Waals surface area contributed by atoms with Gasteiger partial charge in [-0.1, -0.05) is 54.1 Å². The molecule has 0 aromatic heterocycles. The van der Waals surface area contributed by atoms with Gasteiger partial charge in [0.25, 0.3) is 5.91 Å². The molecule has 3 heterocycles. The van der Waals surface area contributed by atoms with Gasteiger partial charge in [0, 0.05) is 35.0 Å². The molecule has 1 atom stereocenters. The normalized spacial score (nSPS) is 18.4. The molecule has 0 fully saturated rings. The molecule has 194 valence electrons. The molecular formula is C33H28N2O4. The number of nitrogens with one attached hydrogen (secondary N) is 1. The zero-order valence-corrected chi connectivity index (χ0v) is 21.9. The van der Waals surface area contributed by atoms with E-state index in [1.807, 2.05) is 86.6 Å². The first-order valence-electron chi connectivity index (χ1n) is 13.3. The molecule has 2 amide bonds. The van der Waals surface area contributed by atoms with Crippen molar-refractivity contribution in [3.63, 3.8) is 0 Å². The van der Waals surface area contributed by atoms with Crippen LogP contribution in [0.15, 0.2) is 78.9 Å². The molecule has 6 nitrogen and oxygen atoms in total. The first-order valence-corrected chi connectivity index (χ1v) is 13.3. The average Bonchev–Trinajstić information content (AvgIpc) is 3.62. The van der Waals surface area contributed by atoms with Crippen LogP contribution < -0.4 is 19.7 Å². The SMILES string of the molecule is Cc1ccc(NC(=O)c2ccccc2CN2C(=O)C3(COc4cc5c(cc43)CCO5)c3ccccc32)c(C)c1. The summed E-state index contributed by atoms with van der Waals surface area (Å²) < 4.78 is 11.9. The average molecular weight is 517 g/mol. The van der Waals surface area contributed by atoms with Crippen LogP contribution in [0.1, 0.15) is 43.7 Å². The number of carbonyl (C=O) groups is 2. The van der Waals surface area contributed by atoms with Gasteiger partial charge in [0.2, 0.25) is 5.91 Å². The van der Waals surface area contributed by atoms with Gasteiger partial charge in [-0.15, -0.1) is 0 Å². The summed E-state index contributed by atoms with van der Waals surface area (Å²) in [5, 5.41) is 3.06. The molecule has 0 aliphatic carbocycles. The minimum Gasteiger partial charge on any atom is -0.493 e. The van der Waals surface area contributed by atoms with Gasteiger partial charge in [-0.2, -0.15) is 0 Å². The predicted molar refractivity (Wildman–Crippen MR) is 150 cm³/mol. The summed E-state index contributed by atoms with van der Waals surface area (Å²) in [7, 11) is 0. The molecule has 6 heteroatoms. The van der Waals surface area contributed by atoms with Crippen molar-refractivity contribution >= 4 is 23.2 Å². The van der Waals surface area contributed by atoms with E-state index in [0.29, 0.717) is 17.9 Å². The highest BCUT2D eigenvalue weighted by Crippen LogP contribution is 2.54. The molecule has 3 aliphatic heterocycles. The fourth-order valence-corrected chi connectivity index (χ4v) is 6.20. The molecule has 39 heavy (non-hydrogen) atoms. The lowest BCUT2D eigenvalue weighted by Crippen LogP contribution is -2.42. The van der Waals surface area contributed by atoms with Crippen molar-refractivity contribution in [2.24, 2.45) is 0 Å². The summed E-state index contributed by atoms with van der Waals surface area (Å²) in [5.41, 5.74) is 7.11. The molecule has 0 saturated heterocycles. The van der Waals surface area contributed by atoms with Crippen molar-refractivity contribution in [2.75, 3.05) is 23.4 Å². The molecule has 0 bridgehead atoms. The Morgan fingerprint density at radius 2 is 1.74 bits per heavy atom. The highest BCUT2D eigenvalue weighted by atomic mass is 16.5. The largest absolute Gasteiger partial charge is 0.493 e. The fourth-order valence-electron chi connectivity index (χ4n) is 6.20. The first-order chi connectivity index (χ1) is 19.0. The number of fused-ring (bicyclic) bond motifs is 5. The van der Waals surface area contributed by atoms with Gasteiger partial charge in [0.15, 0.2) is 0 Å². The van der Waals surface area contributed by atoms with Crippen molar-refractivity contribution in [2.45, 2.75) is 32.2 Å². The van der Waals surface area contributed by atoms with Gasteiger partial charge < -0.3 is 19.7 Å². The van der Waals surface area contributed by atoms with Crippen LogP contribution in [0.5, 0.6) is 11.5 Å². The van der Waals surface area contributed by atoms with Crippen LogP contribution in [0.2, 0.25) is 0 Å². The quantitative estimate of drug-likeness (QED) is 0.377. The van der Waals surface area contributed by atoms with E-state index in [-0.39, 0.29) is 25.0 Å². The number of amides is 2. The number of ether oxygens (including phenoxy) is 2. The summed E-state index contributed by atoms with van der Waals surface area (Å²) in [6.07, 6.45) is 0.821. The van der Waals surface area contributed by atoms with Crippen LogP contribution in [0, 0.1) is 13.8 Å². The minimum absolute atomic E-state index is 0.0362. The summed E-state index contributed by atoms with van der Waals surface area (Å²) in [6, 6.07) is 25.4. The van der Waals surface area contributed by atoms with E-state index in [2.05, 4.69) is 11.4 Å². The van der Waals surface area contributed by atoms with Crippen molar-refractivity contribution in [1.29, 1.82) is 0 Å². The lowest BCUT2D eigenvalue weighted by atomic mass is 9.76. The maximum absolute atomic E-state index is 14.4. The molecule has 7 rings (SSSR count). The standard InChI is InChI=1S/C33H28N2O4/c1-20-11-12-27(21(2)15-20)34-31(36)24-8-4-3-7-23(24)18-35-28-10-6-5-9-25(28)33(32(35)37)19-39-30-17-29-22(13-14-38-29)16-26(30)33/h3-12,15-17H,13-14,18-19H2,1-2H3,(H,34,36). The maximum Gasteiger partial charge on any atom is 0.256 e. The molecular weight excluding hydrogens is 488 g/mol. The van der Waals surface area contributed by atoms with Gasteiger partial charge >= 0.3 is 0 Å². The molecule has 1 unspecified atom stereocenters. The molecule has 3 aliphatic rings. The zero-order valence-electron chi connectivity index (χ0n) is 21.9. The number of nitrogens with zero attached hydrogens (tertiary/aromatic N) is 1. The Kier molecular flexibility index (Phi) is 5.27. The summed E-state index contributed by atoms with van der Waals surface area (Å²) in [6.45, 7) is 5.17. The van der Waals surface area contributed by atoms with Crippen LogP contribution in [-0.2, 0) is 23.2 Å². The second-order valence-corrected chi connectivity index (χ2v) is 10.6. The van der Waals surface area contributed by atoms with Gasteiger partial charge in [-0.05, 0) is 60.4 Å². The van der Waals surface area contributed by atoms with E-state index in [9.17, 15) is 9.59 Å². The van der Waals surface area contributed by atoms with E-state index in [1.54, 1.807) is 4.90 Å². The Bertz CT molecular complexity index is 1680. The first kappa shape index (κ1) is 23.5. The Morgan fingerprint density at radius 3 is 2.62 bits per heavy atom. The van der Waals surface area contributed by atoms with Gasteiger partial charge in [0.1, 0.15) is 23.5 Å². The monoisotopic (exact) mass is 516 g/mol. The van der Waals surface area contributed by atoms with Crippen molar-refractivity contribution in [3.8, 4) is 11.5 Å². The molecule has 1 spiro atoms. The van der Waals surface area contributed by atoms with Crippen LogP contribution in [0.4, 0.5) is 11.4 Å². The minimum atomic E-state index is -0.917. The van der Waals surface area contributed by atoms with E-state index in [1.165, 1.54) is 0 Å². The third-order valence-corrected chi connectivity index (χ3v) is 8.18. The van der Waals surface area contributed by atoms with E-state index in [4.69, 9.17) is 9.47 Å². The molecule has 4 aromatic rings. The molecule has 1 N–H and O–H groups in total. The fraction of sp³-hybridized carbons (Fsp3) is 0.212. The maximum atomic E-state index is 14.4. The lowest BCUT2D eigenvalue weighted by Gasteiger charge is -2.24. The lowest BCUT2D eigenvalue weighted by molar-refractivity contribution is -0.122. The van der Waals surface area contributed by atoms with E-state index < -0.39 is 5.41 Å². The zero-order chi connectivity index (χ0) is 26.7.